The molecule has 1 saturated heterocycles. The lowest BCUT2D eigenvalue weighted by Crippen LogP contribution is -2.47. The molecule has 118 valence electrons. The van der Waals surface area contributed by atoms with Crippen molar-refractivity contribution in [2.24, 2.45) is 5.73 Å². The van der Waals surface area contributed by atoms with Crippen LogP contribution in [0.4, 0.5) is 5.82 Å². The predicted octanol–water partition coefficient (Wildman–Crippen LogP) is 1.04. The number of unbranched alkanes of at least 4 members (excludes halogenated alkanes) is 1. The number of aromatic nitrogens is 2. The van der Waals surface area contributed by atoms with Crippen molar-refractivity contribution in [3.05, 3.63) is 11.9 Å². The van der Waals surface area contributed by atoms with Crippen molar-refractivity contribution in [2.45, 2.75) is 26.7 Å². The molecular formula is C15H27N5O. The second kappa shape index (κ2) is 8.14. The van der Waals surface area contributed by atoms with Crippen LogP contribution in [0.25, 0.3) is 0 Å². The van der Waals surface area contributed by atoms with Gasteiger partial charge in [-0.2, -0.15) is 4.98 Å². The van der Waals surface area contributed by atoms with Gasteiger partial charge in [-0.15, -0.1) is 0 Å². The molecule has 0 saturated carbocycles. The van der Waals surface area contributed by atoms with E-state index in [-0.39, 0.29) is 0 Å². The summed E-state index contributed by atoms with van der Waals surface area (Å²) < 4.78 is 5.50. The number of rotatable bonds is 7. The molecule has 2 N–H and O–H groups in total. The van der Waals surface area contributed by atoms with Gasteiger partial charge in [-0.05, 0) is 39.8 Å². The Hall–Kier alpha value is -1.40. The Morgan fingerprint density at radius 2 is 1.95 bits per heavy atom. The lowest BCUT2D eigenvalue weighted by Gasteiger charge is -2.35. The Labute approximate surface area is 127 Å². The summed E-state index contributed by atoms with van der Waals surface area (Å²) in [6.07, 6.45) is 2.31. The van der Waals surface area contributed by atoms with Crippen LogP contribution in [0.2, 0.25) is 0 Å². The third kappa shape index (κ3) is 4.82. The van der Waals surface area contributed by atoms with E-state index in [1.54, 1.807) is 0 Å². The number of nitrogens with zero attached hydrogens (tertiary/aromatic N) is 4. The van der Waals surface area contributed by atoms with Gasteiger partial charge < -0.3 is 15.4 Å². The minimum Gasteiger partial charge on any atom is -0.478 e. The second-order valence-electron chi connectivity index (χ2n) is 5.37. The first-order valence-electron chi connectivity index (χ1n) is 7.88. The molecule has 1 aliphatic rings. The van der Waals surface area contributed by atoms with Crippen molar-refractivity contribution < 1.29 is 4.74 Å². The quantitative estimate of drug-likeness (QED) is 0.758. The van der Waals surface area contributed by atoms with E-state index < -0.39 is 0 Å². The second-order valence-corrected chi connectivity index (χ2v) is 5.37. The van der Waals surface area contributed by atoms with E-state index in [2.05, 4.69) is 19.8 Å². The van der Waals surface area contributed by atoms with E-state index in [4.69, 9.17) is 10.5 Å². The van der Waals surface area contributed by atoms with Crippen molar-refractivity contribution in [3.8, 4) is 5.88 Å². The van der Waals surface area contributed by atoms with Gasteiger partial charge >= 0.3 is 0 Å². The maximum Gasteiger partial charge on any atom is 0.218 e. The zero-order valence-electron chi connectivity index (χ0n) is 13.2. The Bertz CT molecular complexity index is 432. The van der Waals surface area contributed by atoms with Crippen LogP contribution in [0.5, 0.6) is 5.88 Å². The van der Waals surface area contributed by atoms with Crippen molar-refractivity contribution in [1.82, 2.24) is 14.9 Å². The van der Waals surface area contributed by atoms with Crippen LogP contribution in [0.15, 0.2) is 6.07 Å². The number of piperazine rings is 1. The van der Waals surface area contributed by atoms with Crippen molar-refractivity contribution in [3.63, 3.8) is 0 Å². The SMILES string of the molecule is CCOc1cc(N2CCN(CCCCN)CC2)nc(C)n1. The largest absolute Gasteiger partial charge is 0.478 e. The third-order valence-electron chi connectivity index (χ3n) is 3.72. The highest BCUT2D eigenvalue weighted by Crippen LogP contribution is 2.19. The number of anilines is 1. The first-order valence-corrected chi connectivity index (χ1v) is 7.88. The predicted molar refractivity (Wildman–Crippen MR) is 84.9 cm³/mol. The molecule has 1 aromatic rings. The van der Waals surface area contributed by atoms with E-state index in [1.165, 1.54) is 6.42 Å². The zero-order chi connectivity index (χ0) is 15.1. The first-order chi connectivity index (χ1) is 10.2. The molecule has 6 heteroatoms. The standard InChI is InChI=1S/C15H27N5O/c1-3-21-15-12-14(17-13(2)18-15)20-10-8-19(9-11-20)7-5-4-6-16/h12H,3-11,16H2,1-2H3. The normalized spacial score (nSPS) is 16.2. The molecule has 1 fully saturated rings. The summed E-state index contributed by atoms with van der Waals surface area (Å²) in [5.41, 5.74) is 5.54. The molecule has 0 aliphatic carbocycles. The van der Waals surface area contributed by atoms with E-state index in [0.29, 0.717) is 12.5 Å². The Morgan fingerprint density at radius 3 is 2.62 bits per heavy atom. The average Bonchev–Trinajstić information content (AvgIpc) is 2.48. The number of hydrogen-bond acceptors (Lipinski definition) is 6. The minimum atomic E-state index is 0.630. The number of aryl methyl sites for hydroxylation is 1. The highest BCUT2D eigenvalue weighted by atomic mass is 16.5. The topological polar surface area (TPSA) is 67.5 Å². The molecule has 1 aromatic heterocycles. The highest BCUT2D eigenvalue weighted by Gasteiger charge is 2.18. The summed E-state index contributed by atoms with van der Waals surface area (Å²) in [7, 11) is 0. The summed E-state index contributed by atoms with van der Waals surface area (Å²) in [6.45, 7) is 10.6. The van der Waals surface area contributed by atoms with Gasteiger partial charge in [-0.1, -0.05) is 0 Å². The fourth-order valence-corrected chi connectivity index (χ4v) is 2.59. The summed E-state index contributed by atoms with van der Waals surface area (Å²) in [6, 6.07) is 1.95. The number of nitrogens with two attached hydrogens (primary N) is 1. The van der Waals surface area contributed by atoms with Crippen LogP contribution >= 0.6 is 0 Å². The van der Waals surface area contributed by atoms with E-state index in [1.807, 2.05) is 19.9 Å². The lowest BCUT2D eigenvalue weighted by molar-refractivity contribution is 0.252. The van der Waals surface area contributed by atoms with Gasteiger partial charge in [0.15, 0.2) is 0 Å². The van der Waals surface area contributed by atoms with Crippen LogP contribution in [0.1, 0.15) is 25.6 Å². The van der Waals surface area contributed by atoms with E-state index in [0.717, 1.165) is 57.3 Å². The molecule has 0 spiro atoms. The molecule has 0 bridgehead atoms. The Morgan fingerprint density at radius 1 is 1.19 bits per heavy atom. The van der Waals surface area contributed by atoms with Gasteiger partial charge in [-0.25, -0.2) is 4.98 Å². The van der Waals surface area contributed by atoms with Crippen LogP contribution in [-0.4, -0.2) is 60.7 Å². The molecule has 0 amide bonds. The van der Waals surface area contributed by atoms with Crippen LogP contribution < -0.4 is 15.4 Å². The van der Waals surface area contributed by atoms with Crippen molar-refractivity contribution in [2.75, 3.05) is 50.8 Å². The molecule has 6 nitrogen and oxygen atoms in total. The molecule has 1 aliphatic heterocycles. The van der Waals surface area contributed by atoms with Crippen LogP contribution in [0.3, 0.4) is 0 Å². The first kappa shape index (κ1) is 16.0. The lowest BCUT2D eigenvalue weighted by atomic mass is 10.2. The van der Waals surface area contributed by atoms with Gasteiger partial charge in [0.1, 0.15) is 11.6 Å². The fraction of sp³-hybridized carbons (Fsp3) is 0.733. The zero-order valence-corrected chi connectivity index (χ0v) is 13.2. The van der Waals surface area contributed by atoms with Gasteiger partial charge in [0, 0.05) is 32.2 Å². The van der Waals surface area contributed by atoms with Gasteiger partial charge in [0.05, 0.1) is 6.61 Å². The molecule has 0 radical (unpaired) electrons. The van der Waals surface area contributed by atoms with Crippen LogP contribution in [-0.2, 0) is 0 Å². The highest BCUT2D eigenvalue weighted by molar-refractivity contribution is 5.42. The summed E-state index contributed by atoms with van der Waals surface area (Å²) in [5, 5.41) is 0. The number of ether oxygens (including phenoxy) is 1. The van der Waals surface area contributed by atoms with Crippen molar-refractivity contribution >= 4 is 5.82 Å². The molecule has 0 unspecified atom stereocenters. The maximum absolute atomic E-state index is 5.54. The summed E-state index contributed by atoms with van der Waals surface area (Å²) in [4.78, 5) is 13.7. The Kier molecular flexibility index (Phi) is 6.20. The van der Waals surface area contributed by atoms with E-state index in [9.17, 15) is 0 Å². The van der Waals surface area contributed by atoms with Gasteiger partial charge in [0.25, 0.3) is 0 Å². The Balaban J connectivity index is 1.89. The fourth-order valence-electron chi connectivity index (χ4n) is 2.59. The smallest absolute Gasteiger partial charge is 0.218 e. The molecule has 0 atom stereocenters. The average molecular weight is 293 g/mol. The third-order valence-corrected chi connectivity index (χ3v) is 3.72. The van der Waals surface area contributed by atoms with E-state index >= 15 is 0 Å². The van der Waals surface area contributed by atoms with Crippen molar-refractivity contribution in [1.29, 1.82) is 0 Å². The molecular weight excluding hydrogens is 266 g/mol. The minimum absolute atomic E-state index is 0.630. The molecule has 0 aromatic carbocycles. The van der Waals surface area contributed by atoms with Crippen LogP contribution in [0, 0.1) is 6.92 Å². The molecule has 2 heterocycles. The molecule has 2 rings (SSSR count). The summed E-state index contributed by atoms with van der Waals surface area (Å²) >= 11 is 0. The number of hydrogen-bond donors (Lipinski definition) is 1. The monoisotopic (exact) mass is 293 g/mol. The van der Waals surface area contributed by atoms with Gasteiger partial charge in [-0.3, -0.25) is 4.90 Å². The maximum atomic E-state index is 5.54. The molecule has 21 heavy (non-hydrogen) atoms. The summed E-state index contributed by atoms with van der Waals surface area (Å²) in [5.74, 6) is 2.42. The van der Waals surface area contributed by atoms with Gasteiger partial charge in [0.2, 0.25) is 5.88 Å².